The second kappa shape index (κ2) is 12.3. The van der Waals surface area contributed by atoms with Crippen molar-refractivity contribution in [3.63, 3.8) is 0 Å². The number of hydrogen-bond acceptors (Lipinski definition) is 6. The number of aliphatic hydroxyl groups is 4. The predicted octanol–water partition coefficient (Wildman–Crippen LogP) is 4.24. The van der Waals surface area contributed by atoms with Gasteiger partial charge >= 0.3 is 0 Å². The summed E-state index contributed by atoms with van der Waals surface area (Å²) in [6, 6.07) is 13.8. The minimum atomic E-state index is -1.77. The fourth-order valence-corrected chi connectivity index (χ4v) is 3.32. The van der Waals surface area contributed by atoms with Crippen molar-refractivity contribution in [2.24, 2.45) is 0 Å². The molecule has 2 rings (SSSR count). The first-order valence-electron chi connectivity index (χ1n) is 10.8. The second-order valence-corrected chi connectivity index (χ2v) is 7.86. The van der Waals surface area contributed by atoms with Crippen molar-refractivity contribution in [2.45, 2.75) is 39.2 Å². The zero-order chi connectivity index (χ0) is 23.6. The summed E-state index contributed by atoms with van der Waals surface area (Å²) in [5.41, 5.74) is 0.749. The van der Waals surface area contributed by atoms with Gasteiger partial charge in [0.05, 0.1) is 13.2 Å². The normalized spacial score (nSPS) is 12.2. The van der Waals surface area contributed by atoms with Crippen molar-refractivity contribution >= 4 is 0 Å². The van der Waals surface area contributed by atoms with Gasteiger partial charge in [0.25, 0.3) is 0 Å². The molecule has 0 bridgehead atoms. The topological polar surface area (TPSA) is 99.4 Å². The largest absolute Gasteiger partial charge is 0.508 e. The Morgan fingerprint density at radius 1 is 0.781 bits per heavy atom. The highest BCUT2D eigenvalue weighted by Gasteiger charge is 2.37. The van der Waals surface area contributed by atoms with Crippen LogP contribution < -0.4 is 9.47 Å². The molecular formula is C26H34O6. The van der Waals surface area contributed by atoms with Gasteiger partial charge in [-0.2, -0.15) is 0 Å². The van der Waals surface area contributed by atoms with E-state index in [1.54, 1.807) is 55.5 Å². The summed E-state index contributed by atoms with van der Waals surface area (Å²) in [4.78, 5) is 0. The monoisotopic (exact) mass is 442 g/mol. The van der Waals surface area contributed by atoms with E-state index in [9.17, 15) is 10.2 Å². The predicted molar refractivity (Wildman–Crippen MR) is 125 cm³/mol. The zero-order valence-electron chi connectivity index (χ0n) is 19.0. The minimum Gasteiger partial charge on any atom is -0.508 e. The molecule has 0 saturated heterocycles. The van der Waals surface area contributed by atoms with Crippen molar-refractivity contribution in [3.05, 3.63) is 82.6 Å². The Bertz CT molecular complexity index is 839. The van der Waals surface area contributed by atoms with Gasteiger partial charge in [-0.15, -0.1) is 0 Å². The van der Waals surface area contributed by atoms with E-state index in [-0.39, 0.29) is 19.0 Å². The van der Waals surface area contributed by atoms with Crippen LogP contribution in [0.5, 0.6) is 11.5 Å². The highest BCUT2D eigenvalue weighted by Crippen LogP contribution is 2.38. The number of allylic oxidation sites excluding steroid dienone is 3. The molecule has 0 aliphatic carbocycles. The van der Waals surface area contributed by atoms with Gasteiger partial charge in [0.15, 0.2) is 5.60 Å². The number of benzene rings is 2. The maximum absolute atomic E-state index is 11.8. The third-order valence-electron chi connectivity index (χ3n) is 4.91. The van der Waals surface area contributed by atoms with Crippen LogP contribution in [0.3, 0.4) is 0 Å². The standard InChI is InChI=1S/C26H34O6/c1-19(2)18-20(3)25(29)26(30,21-6-10-23(11-7-21)31-16-4-14-27)22-8-12-24(13-9-22)32-17-5-15-28/h6-13,18,27-30H,4-5,14-17H2,1-3H3. The summed E-state index contributed by atoms with van der Waals surface area (Å²) >= 11 is 0. The molecule has 0 amide bonds. The van der Waals surface area contributed by atoms with E-state index in [4.69, 9.17) is 19.7 Å². The number of ether oxygens (including phenoxy) is 2. The number of aliphatic hydroxyl groups excluding tert-OH is 3. The fraction of sp³-hybridized carbons (Fsp3) is 0.385. The molecule has 0 radical (unpaired) electrons. The lowest BCUT2D eigenvalue weighted by atomic mass is 9.82. The molecule has 0 unspecified atom stereocenters. The number of rotatable bonds is 12. The summed E-state index contributed by atoms with van der Waals surface area (Å²) < 4.78 is 11.2. The van der Waals surface area contributed by atoms with Gasteiger partial charge in [-0.05, 0) is 61.7 Å². The SMILES string of the molecule is CC(C)=CC(C)=C(O)C(O)(c1ccc(OCCCO)cc1)c1ccc(OCCCO)cc1. The first-order chi connectivity index (χ1) is 15.3. The van der Waals surface area contributed by atoms with E-state index in [0.29, 0.717) is 54.3 Å². The first kappa shape index (κ1) is 25.5. The molecule has 6 nitrogen and oxygen atoms in total. The Labute approximate surface area is 190 Å². The van der Waals surface area contributed by atoms with Gasteiger partial charge in [-0.25, -0.2) is 0 Å². The summed E-state index contributed by atoms with van der Waals surface area (Å²) in [7, 11) is 0. The summed E-state index contributed by atoms with van der Waals surface area (Å²) in [6.07, 6.45) is 2.88. The fourth-order valence-electron chi connectivity index (χ4n) is 3.32. The molecule has 0 spiro atoms. The van der Waals surface area contributed by atoms with Crippen LogP contribution in [0.1, 0.15) is 44.7 Å². The van der Waals surface area contributed by atoms with Crippen molar-refractivity contribution in [2.75, 3.05) is 26.4 Å². The van der Waals surface area contributed by atoms with Crippen LogP contribution >= 0.6 is 0 Å². The van der Waals surface area contributed by atoms with Crippen LogP contribution in [0.2, 0.25) is 0 Å². The zero-order valence-corrected chi connectivity index (χ0v) is 19.0. The first-order valence-corrected chi connectivity index (χ1v) is 10.8. The van der Waals surface area contributed by atoms with Crippen molar-refractivity contribution in [3.8, 4) is 11.5 Å². The van der Waals surface area contributed by atoms with Crippen molar-refractivity contribution < 1.29 is 29.9 Å². The van der Waals surface area contributed by atoms with Gasteiger partial charge in [0.2, 0.25) is 0 Å². The van der Waals surface area contributed by atoms with Gasteiger partial charge in [0, 0.05) is 26.1 Å². The van der Waals surface area contributed by atoms with Crippen LogP contribution in [0.25, 0.3) is 0 Å². The highest BCUT2D eigenvalue weighted by atomic mass is 16.5. The summed E-state index contributed by atoms with van der Waals surface area (Å²) in [5.74, 6) is 1.06. The lowest BCUT2D eigenvalue weighted by Crippen LogP contribution is -2.30. The molecule has 0 saturated carbocycles. The molecule has 174 valence electrons. The molecular weight excluding hydrogens is 408 g/mol. The van der Waals surface area contributed by atoms with Crippen LogP contribution in [0.4, 0.5) is 0 Å². The molecule has 0 aromatic heterocycles. The molecule has 2 aromatic rings. The lowest BCUT2D eigenvalue weighted by molar-refractivity contribution is 0.0694. The van der Waals surface area contributed by atoms with Gasteiger partial charge in [0.1, 0.15) is 17.3 Å². The molecule has 0 atom stereocenters. The lowest BCUT2D eigenvalue weighted by Gasteiger charge is -2.30. The quantitative estimate of drug-likeness (QED) is 0.223. The minimum absolute atomic E-state index is 0.0554. The Hall–Kier alpha value is -2.80. The van der Waals surface area contributed by atoms with E-state index in [1.165, 1.54) is 0 Å². The van der Waals surface area contributed by atoms with E-state index >= 15 is 0 Å². The second-order valence-electron chi connectivity index (χ2n) is 7.86. The summed E-state index contributed by atoms with van der Waals surface area (Å²) in [6.45, 7) is 6.50. The number of hydrogen-bond donors (Lipinski definition) is 4. The van der Waals surface area contributed by atoms with Gasteiger partial charge in [-0.1, -0.05) is 35.9 Å². The smallest absolute Gasteiger partial charge is 0.172 e. The van der Waals surface area contributed by atoms with Crippen LogP contribution in [-0.2, 0) is 5.60 Å². The highest BCUT2D eigenvalue weighted by molar-refractivity contribution is 5.48. The van der Waals surface area contributed by atoms with Gasteiger partial charge in [-0.3, -0.25) is 0 Å². The molecule has 6 heteroatoms. The Balaban J connectivity index is 2.45. The van der Waals surface area contributed by atoms with E-state index < -0.39 is 5.60 Å². The molecule has 0 heterocycles. The molecule has 0 aliphatic heterocycles. The maximum Gasteiger partial charge on any atom is 0.172 e. The van der Waals surface area contributed by atoms with Crippen molar-refractivity contribution in [1.29, 1.82) is 0 Å². The summed E-state index contributed by atoms with van der Waals surface area (Å²) in [5, 5.41) is 40.8. The average Bonchev–Trinajstić information content (AvgIpc) is 2.79. The molecule has 0 aliphatic rings. The Morgan fingerprint density at radius 3 is 1.53 bits per heavy atom. The van der Waals surface area contributed by atoms with E-state index in [1.807, 2.05) is 19.9 Å². The molecule has 4 N–H and O–H groups in total. The maximum atomic E-state index is 11.8. The third kappa shape index (κ3) is 6.60. The van der Waals surface area contributed by atoms with Crippen LogP contribution in [0.15, 0.2) is 71.5 Å². The third-order valence-corrected chi connectivity index (χ3v) is 4.91. The van der Waals surface area contributed by atoms with Crippen LogP contribution in [-0.4, -0.2) is 46.9 Å². The van der Waals surface area contributed by atoms with Gasteiger partial charge < -0.3 is 29.9 Å². The van der Waals surface area contributed by atoms with E-state index in [2.05, 4.69) is 0 Å². The molecule has 32 heavy (non-hydrogen) atoms. The Kier molecular flexibility index (Phi) is 9.78. The van der Waals surface area contributed by atoms with E-state index in [0.717, 1.165) is 5.57 Å². The van der Waals surface area contributed by atoms with Crippen molar-refractivity contribution in [1.82, 2.24) is 0 Å². The van der Waals surface area contributed by atoms with Crippen LogP contribution in [0, 0.1) is 0 Å². The Morgan fingerprint density at radius 2 is 1.19 bits per heavy atom. The average molecular weight is 443 g/mol. The molecule has 2 aromatic carbocycles. The molecule has 0 fully saturated rings.